The predicted molar refractivity (Wildman–Crippen MR) is 46.7 cm³/mol. The smallest absolute Gasteiger partial charge is 0.130 e. The summed E-state index contributed by atoms with van der Waals surface area (Å²) in [6, 6.07) is 0. The number of halogens is 1. The summed E-state index contributed by atoms with van der Waals surface area (Å²) in [5, 5.41) is 0. The van der Waals surface area contributed by atoms with Crippen LogP contribution in [0, 0.1) is 11.8 Å². The van der Waals surface area contributed by atoms with Crippen molar-refractivity contribution in [3.8, 4) is 0 Å². The van der Waals surface area contributed by atoms with E-state index in [1.807, 2.05) is 13.8 Å². The average molecular weight is 175 g/mol. The van der Waals surface area contributed by atoms with Crippen molar-refractivity contribution in [2.45, 2.75) is 25.9 Å². The van der Waals surface area contributed by atoms with Crippen LogP contribution in [-0.4, -0.2) is 25.4 Å². The third-order valence-corrected chi connectivity index (χ3v) is 2.88. The summed E-state index contributed by atoms with van der Waals surface area (Å²) in [6.45, 7) is 5.09. The number of hydrogen-bond acceptors (Lipinski definition) is 2. The first-order valence-electron chi connectivity index (χ1n) is 4.58. The molecule has 1 aliphatic heterocycles. The van der Waals surface area contributed by atoms with Crippen LogP contribution < -0.4 is 5.73 Å². The monoisotopic (exact) mass is 175 g/mol. The second kappa shape index (κ2) is 3.71. The molecule has 1 saturated heterocycles. The van der Waals surface area contributed by atoms with Gasteiger partial charge in [0, 0.05) is 19.1 Å². The fraction of sp³-hybridized carbons (Fsp3) is 1.00. The Kier molecular flexibility index (Phi) is 3.07. The Bertz CT molecular complexity index is 145. The quantitative estimate of drug-likeness (QED) is 0.702. The minimum absolute atomic E-state index is 0.00231. The molecule has 2 unspecified atom stereocenters. The van der Waals surface area contributed by atoms with Gasteiger partial charge in [0.15, 0.2) is 0 Å². The van der Waals surface area contributed by atoms with Crippen LogP contribution in [0.3, 0.4) is 0 Å². The number of alkyl halides is 1. The summed E-state index contributed by atoms with van der Waals surface area (Å²) in [5.41, 5.74) is 4.23. The highest BCUT2D eigenvalue weighted by Crippen LogP contribution is 2.34. The molecule has 12 heavy (non-hydrogen) atoms. The third-order valence-electron chi connectivity index (χ3n) is 2.88. The summed E-state index contributed by atoms with van der Waals surface area (Å²) in [4.78, 5) is 0. The summed E-state index contributed by atoms with van der Waals surface area (Å²) in [7, 11) is 0. The maximum atomic E-state index is 14.1. The van der Waals surface area contributed by atoms with Gasteiger partial charge in [-0.3, -0.25) is 0 Å². The van der Waals surface area contributed by atoms with Gasteiger partial charge in [-0.15, -0.1) is 0 Å². The standard InChI is InChI=1S/C9H18FNO/c1-7(2)9(10,6-11)8-3-4-12-5-8/h7-8H,3-6,11H2,1-2H3. The van der Waals surface area contributed by atoms with Crippen molar-refractivity contribution in [2.24, 2.45) is 17.6 Å². The largest absolute Gasteiger partial charge is 0.381 e. The van der Waals surface area contributed by atoms with Gasteiger partial charge < -0.3 is 10.5 Å². The molecule has 0 aromatic heterocycles. The van der Waals surface area contributed by atoms with Crippen molar-refractivity contribution in [3.63, 3.8) is 0 Å². The van der Waals surface area contributed by atoms with E-state index in [0.29, 0.717) is 13.2 Å². The maximum Gasteiger partial charge on any atom is 0.130 e. The highest BCUT2D eigenvalue weighted by Gasteiger charge is 2.42. The molecular formula is C9H18FNO. The van der Waals surface area contributed by atoms with Gasteiger partial charge >= 0.3 is 0 Å². The van der Waals surface area contributed by atoms with Gasteiger partial charge in [-0.2, -0.15) is 0 Å². The van der Waals surface area contributed by atoms with Crippen molar-refractivity contribution in [2.75, 3.05) is 19.8 Å². The van der Waals surface area contributed by atoms with Gasteiger partial charge in [0.1, 0.15) is 5.67 Å². The van der Waals surface area contributed by atoms with Crippen LogP contribution in [0.25, 0.3) is 0 Å². The molecule has 1 rings (SSSR count). The first-order chi connectivity index (χ1) is 5.61. The molecule has 0 amide bonds. The zero-order valence-corrected chi connectivity index (χ0v) is 7.85. The second-order valence-corrected chi connectivity index (χ2v) is 3.85. The summed E-state index contributed by atoms with van der Waals surface area (Å²) < 4.78 is 19.3. The van der Waals surface area contributed by atoms with Crippen molar-refractivity contribution >= 4 is 0 Å². The van der Waals surface area contributed by atoms with Crippen LogP contribution in [0.5, 0.6) is 0 Å². The van der Waals surface area contributed by atoms with Crippen LogP contribution in [0.4, 0.5) is 4.39 Å². The summed E-state index contributed by atoms with van der Waals surface area (Å²) in [5.74, 6) is -0.0169. The molecule has 0 saturated carbocycles. The molecule has 0 radical (unpaired) electrons. The molecule has 2 atom stereocenters. The van der Waals surface area contributed by atoms with E-state index >= 15 is 0 Å². The van der Waals surface area contributed by atoms with Crippen molar-refractivity contribution < 1.29 is 9.13 Å². The number of nitrogens with two attached hydrogens (primary N) is 1. The minimum Gasteiger partial charge on any atom is -0.381 e. The van der Waals surface area contributed by atoms with E-state index < -0.39 is 5.67 Å². The van der Waals surface area contributed by atoms with Crippen molar-refractivity contribution in [3.05, 3.63) is 0 Å². The fourth-order valence-electron chi connectivity index (χ4n) is 1.79. The van der Waals surface area contributed by atoms with Gasteiger partial charge in [0.2, 0.25) is 0 Å². The van der Waals surface area contributed by atoms with E-state index in [1.165, 1.54) is 0 Å². The lowest BCUT2D eigenvalue weighted by atomic mass is 9.80. The van der Waals surface area contributed by atoms with Crippen LogP contribution in [0.2, 0.25) is 0 Å². The molecule has 0 aromatic carbocycles. The number of rotatable bonds is 3. The lowest BCUT2D eigenvalue weighted by Gasteiger charge is -2.32. The Hall–Kier alpha value is -0.150. The van der Waals surface area contributed by atoms with E-state index in [9.17, 15) is 4.39 Å². The Balaban J connectivity index is 2.64. The van der Waals surface area contributed by atoms with Crippen LogP contribution >= 0.6 is 0 Å². The molecule has 0 bridgehead atoms. The third kappa shape index (κ3) is 1.62. The lowest BCUT2D eigenvalue weighted by molar-refractivity contribution is 0.0313. The van der Waals surface area contributed by atoms with E-state index in [1.54, 1.807) is 0 Å². The second-order valence-electron chi connectivity index (χ2n) is 3.85. The van der Waals surface area contributed by atoms with Gasteiger partial charge in [-0.25, -0.2) is 4.39 Å². The first-order valence-corrected chi connectivity index (χ1v) is 4.58. The Morgan fingerprint density at radius 3 is 2.67 bits per heavy atom. The topological polar surface area (TPSA) is 35.2 Å². The lowest BCUT2D eigenvalue weighted by Crippen LogP contribution is -2.45. The van der Waals surface area contributed by atoms with Gasteiger partial charge in [-0.1, -0.05) is 13.8 Å². The van der Waals surface area contributed by atoms with E-state index in [2.05, 4.69) is 0 Å². The molecule has 0 aromatic rings. The van der Waals surface area contributed by atoms with Gasteiger partial charge in [0.25, 0.3) is 0 Å². The van der Waals surface area contributed by atoms with Crippen LogP contribution in [-0.2, 0) is 4.74 Å². The Labute approximate surface area is 73.3 Å². The maximum absolute atomic E-state index is 14.1. The summed E-state index contributed by atoms with van der Waals surface area (Å²) in [6.07, 6.45) is 0.811. The summed E-state index contributed by atoms with van der Waals surface area (Å²) >= 11 is 0. The van der Waals surface area contributed by atoms with Crippen molar-refractivity contribution in [1.82, 2.24) is 0 Å². The average Bonchev–Trinajstić information content (AvgIpc) is 2.54. The fourth-order valence-corrected chi connectivity index (χ4v) is 1.79. The molecule has 3 heteroatoms. The number of hydrogen-bond donors (Lipinski definition) is 1. The highest BCUT2D eigenvalue weighted by molar-refractivity contribution is 4.92. The molecule has 1 heterocycles. The molecule has 1 aliphatic rings. The molecule has 1 fully saturated rings. The van der Waals surface area contributed by atoms with E-state index in [4.69, 9.17) is 10.5 Å². The van der Waals surface area contributed by atoms with E-state index in [-0.39, 0.29) is 18.4 Å². The molecule has 72 valence electrons. The van der Waals surface area contributed by atoms with Crippen LogP contribution in [0.15, 0.2) is 0 Å². The molecule has 2 N–H and O–H groups in total. The molecule has 2 nitrogen and oxygen atoms in total. The van der Waals surface area contributed by atoms with Gasteiger partial charge in [-0.05, 0) is 12.3 Å². The van der Waals surface area contributed by atoms with E-state index in [0.717, 1.165) is 6.42 Å². The predicted octanol–water partition coefficient (Wildman–Crippen LogP) is 1.35. The normalized spacial score (nSPS) is 29.2. The van der Waals surface area contributed by atoms with Gasteiger partial charge in [0.05, 0.1) is 6.61 Å². The first kappa shape index (κ1) is 9.93. The zero-order chi connectivity index (χ0) is 9.19. The molecule has 0 spiro atoms. The molecule has 0 aliphatic carbocycles. The Morgan fingerprint density at radius 1 is 1.67 bits per heavy atom. The Morgan fingerprint density at radius 2 is 2.33 bits per heavy atom. The van der Waals surface area contributed by atoms with Crippen LogP contribution in [0.1, 0.15) is 20.3 Å². The zero-order valence-electron chi connectivity index (χ0n) is 7.85. The minimum atomic E-state index is -1.23. The SMILES string of the molecule is CC(C)C(F)(CN)C1CCOC1. The molecular weight excluding hydrogens is 157 g/mol. The highest BCUT2D eigenvalue weighted by atomic mass is 19.1. The van der Waals surface area contributed by atoms with Crippen molar-refractivity contribution in [1.29, 1.82) is 0 Å². The number of ether oxygens (including phenoxy) is 1.